The van der Waals surface area contributed by atoms with E-state index in [-0.39, 0.29) is 18.4 Å². The highest BCUT2D eigenvalue weighted by molar-refractivity contribution is 9.10. The van der Waals surface area contributed by atoms with Crippen LogP contribution in [0.2, 0.25) is 0 Å². The summed E-state index contributed by atoms with van der Waals surface area (Å²) in [7, 11) is 0. The predicted molar refractivity (Wildman–Crippen MR) is 128 cm³/mol. The number of amides is 2. The van der Waals surface area contributed by atoms with Gasteiger partial charge < -0.3 is 15.0 Å². The number of rotatable bonds is 12. The minimum Gasteiger partial charge on any atom is -0.483 e. The van der Waals surface area contributed by atoms with E-state index >= 15 is 0 Å². The number of ether oxygens (including phenoxy) is 1. The molecule has 0 spiro atoms. The fourth-order valence-corrected chi connectivity index (χ4v) is 3.85. The first-order chi connectivity index (χ1) is 15.0. The van der Waals surface area contributed by atoms with Crippen molar-refractivity contribution in [2.45, 2.75) is 59.0 Å². The van der Waals surface area contributed by atoms with Gasteiger partial charge in [-0.1, -0.05) is 63.6 Å². The molecule has 0 aromatic heterocycles. The third-order valence-corrected chi connectivity index (χ3v) is 5.79. The second-order valence-corrected chi connectivity index (χ2v) is 8.34. The molecule has 5 nitrogen and oxygen atoms in total. The van der Waals surface area contributed by atoms with Crippen LogP contribution in [0.5, 0.6) is 5.75 Å². The SMILES string of the molecule is CCCCNC(=O)[C@@H](CC)N(Cc1ccccc1)C(=O)COc1ccc(CC)cc1Br. The zero-order valence-electron chi connectivity index (χ0n) is 18.7. The Hall–Kier alpha value is -2.34. The van der Waals surface area contributed by atoms with Gasteiger partial charge in [0.15, 0.2) is 6.61 Å². The van der Waals surface area contributed by atoms with Gasteiger partial charge >= 0.3 is 0 Å². The lowest BCUT2D eigenvalue weighted by atomic mass is 10.1. The van der Waals surface area contributed by atoms with E-state index in [2.05, 4.69) is 35.1 Å². The first kappa shape index (κ1) is 24.9. The predicted octanol–water partition coefficient (Wildman–Crippen LogP) is 5.11. The molecule has 2 amide bonds. The summed E-state index contributed by atoms with van der Waals surface area (Å²) in [6.45, 7) is 6.94. The van der Waals surface area contributed by atoms with Crippen molar-refractivity contribution in [3.63, 3.8) is 0 Å². The minimum atomic E-state index is -0.543. The van der Waals surface area contributed by atoms with Crippen molar-refractivity contribution in [3.05, 3.63) is 64.1 Å². The Morgan fingerprint density at radius 3 is 2.42 bits per heavy atom. The molecule has 0 radical (unpaired) electrons. The van der Waals surface area contributed by atoms with Crippen LogP contribution < -0.4 is 10.1 Å². The van der Waals surface area contributed by atoms with Gasteiger partial charge in [-0.3, -0.25) is 9.59 Å². The molecule has 0 heterocycles. The maximum atomic E-state index is 13.2. The number of nitrogens with one attached hydrogen (secondary N) is 1. The van der Waals surface area contributed by atoms with Crippen LogP contribution in [-0.2, 0) is 22.6 Å². The Bertz CT molecular complexity index is 842. The lowest BCUT2D eigenvalue weighted by Gasteiger charge is -2.30. The number of nitrogens with zero attached hydrogens (tertiary/aromatic N) is 1. The normalized spacial score (nSPS) is 11.6. The fraction of sp³-hybridized carbons (Fsp3) is 0.440. The van der Waals surface area contributed by atoms with E-state index in [1.807, 2.05) is 55.5 Å². The van der Waals surface area contributed by atoms with E-state index in [0.717, 1.165) is 29.3 Å². The highest BCUT2D eigenvalue weighted by Crippen LogP contribution is 2.26. The molecule has 1 N–H and O–H groups in total. The molecule has 2 aromatic rings. The molecule has 6 heteroatoms. The molecule has 0 saturated carbocycles. The van der Waals surface area contributed by atoms with Crippen molar-refractivity contribution < 1.29 is 14.3 Å². The summed E-state index contributed by atoms with van der Waals surface area (Å²) in [5.74, 6) is 0.284. The Labute approximate surface area is 194 Å². The van der Waals surface area contributed by atoms with E-state index < -0.39 is 6.04 Å². The summed E-state index contributed by atoms with van der Waals surface area (Å²) in [6, 6.07) is 15.0. The zero-order chi connectivity index (χ0) is 22.6. The highest BCUT2D eigenvalue weighted by Gasteiger charge is 2.28. The largest absolute Gasteiger partial charge is 0.483 e. The van der Waals surface area contributed by atoms with Gasteiger partial charge in [0.25, 0.3) is 5.91 Å². The van der Waals surface area contributed by atoms with Crippen molar-refractivity contribution in [2.75, 3.05) is 13.2 Å². The number of hydrogen-bond donors (Lipinski definition) is 1. The molecule has 0 bridgehead atoms. The van der Waals surface area contributed by atoms with Crippen molar-refractivity contribution in [2.24, 2.45) is 0 Å². The van der Waals surface area contributed by atoms with Crippen LogP contribution >= 0.6 is 15.9 Å². The Morgan fingerprint density at radius 1 is 1.06 bits per heavy atom. The van der Waals surface area contributed by atoms with Gasteiger partial charge in [-0.2, -0.15) is 0 Å². The first-order valence-electron chi connectivity index (χ1n) is 11.0. The topological polar surface area (TPSA) is 58.6 Å². The third kappa shape index (κ3) is 7.69. The van der Waals surface area contributed by atoms with Crippen LogP contribution in [-0.4, -0.2) is 35.9 Å². The third-order valence-electron chi connectivity index (χ3n) is 5.17. The molecule has 1 atom stereocenters. The number of hydrogen-bond acceptors (Lipinski definition) is 3. The van der Waals surface area contributed by atoms with Crippen LogP contribution in [0.4, 0.5) is 0 Å². The van der Waals surface area contributed by atoms with E-state index in [9.17, 15) is 9.59 Å². The van der Waals surface area contributed by atoms with Crippen LogP contribution in [0.3, 0.4) is 0 Å². The number of carbonyl (C=O) groups excluding carboxylic acids is 2. The molecule has 0 fully saturated rings. The van der Waals surface area contributed by atoms with Gasteiger partial charge in [-0.05, 0) is 58.5 Å². The number of benzene rings is 2. The van der Waals surface area contributed by atoms with E-state index in [1.54, 1.807) is 4.90 Å². The van der Waals surface area contributed by atoms with Crippen molar-refractivity contribution >= 4 is 27.7 Å². The molecule has 2 rings (SSSR count). The quantitative estimate of drug-likeness (QED) is 0.422. The highest BCUT2D eigenvalue weighted by atomic mass is 79.9. The molecule has 31 heavy (non-hydrogen) atoms. The first-order valence-corrected chi connectivity index (χ1v) is 11.8. The number of carbonyl (C=O) groups is 2. The van der Waals surface area contributed by atoms with Crippen LogP contribution in [0, 0.1) is 0 Å². The molecule has 0 aliphatic heterocycles. The summed E-state index contributed by atoms with van der Waals surface area (Å²) in [5, 5.41) is 2.97. The van der Waals surface area contributed by atoms with Crippen LogP contribution in [0.15, 0.2) is 53.0 Å². The van der Waals surface area contributed by atoms with Crippen LogP contribution in [0.25, 0.3) is 0 Å². The number of unbranched alkanes of at least 4 members (excludes halogenated alkanes) is 1. The van der Waals surface area contributed by atoms with Gasteiger partial charge in [0.1, 0.15) is 11.8 Å². The average molecular weight is 489 g/mol. The average Bonchev–Trinajstić information content (AvgIpc) is 2.78. The smallest absolute Gasteiger partial charge is 0.261 e. The standard InChI is InChI=1S/C25H33BrN2O3/c1-4-7-15-27-25(30)22(6-3)28(17-20-11-9-8-10-12-20)24(29)18-31-23-14-13-19(5-2)16-21(23)26/h8-14,16,22H,4-7,15,17-18H2,1-3H3,(H,27,30)/t22-/m1/s1. The van der Waals surface area contributed by atoms with E-state index in [0.29, 0.717) is 25.3 Å². The molecule has 2 aromatic carbocycles. The Balaban J connectivity index is 2.15. The molecule has 168 valence electrons. The summed E-state index contributed by atoms with van der Waals surface area (Å²) < 4.78 is 6.64. The summed E-state index contributed by atoms with van der Waals surface area (Å²) in [6.07, 6.45) is 3.38. The number of halogens is 1. The molecule has 0 aliphatic carbocycles. The lowest BCUT2D eigenvalue weighted by molar-refractivity contribution is -0.143. The fourth-order valence-electron chi connectivity index (χ4n) is 3.31. The van der Waals surface area contributed by atoms with Crippen molar-refractivity contribution in [3.8, 4) is 5.75 Å². The molecule has 0 unspecified atom stereocenters. The maximum Gasteiger partial charge on any atom is 0.261 e. The summed E-state index contributed by atoms with van der Waals surface area (Å²) in [5.41, 5.74) is 2.16. The molecule has 0 aliphatic rings. The number of aryl methyl sites for hydroxylation is 1. The second-order valence-electron chi connectivity index (χ2n) is 7.48. The van der Waals surface area contributed by atoms with Crippen molar-refractivity contribution in [1.82, 2.24) is 10.2 Å². The summed E-state index contributed by atoms with van der Waals surface area (Å²) >= 11 is 3.52. The molecular weight excluding hydrogens is 456 g/mol. The zero-order valence-corrected chi connectivity index (χ0v) is 20.3. The molecular formula is C25H33BrN2O3. The van der Waals surface area contributed by atoms with Gasteiger partial charge in [-0.25, -0.2) is 0 Å². The molecule has 0 saturated heterocycles. The van der Waals surface area contributed by atoms with Gasteiger partial charge in [-0.15, -0.1) is 0 Å². The van der Waals surface area contributed by atoms with Gasteiger partial charge in [0.2, 0.25) is 5.91 Å². The van der Waals surface area contributed by atoms with E-state index in [4.69, 9.17) is 4.74 Å². The van der Waals surface area contributed by atoms with E-state index in [1.165, 1.54) is 5.56 Å². The Morgan fingerprint density at radius 2 is 1.81 bits per heavy atom. The van der Waals surface area contributed by atoms with Crippen molar-refractivity contribution in [1.29, 1.82) is 0 Å². The summed E-state index contributed by atoms with van der Waals surface area (Å²) in [4.78, 5) is 27.7. The monoisotopic (exact) mass is 488 g/mol. The van der Waals surface area contributed by atoms with Crippen LogP contribution in [0.1, 0.15) is 51.2 Å². The Kier molecular flexibility index (Phi) is 10.6. The lowest BCUT2D eigenvalue weighted by Crippen LogP contribution is -2.50. The maximum absolute atomic E-state index is 13.2. The second kappa shape index (κ2) is 13.2. The van der Waals surface area contributed by atoms with Gasteiger partial charge in [0.05, 0.1) is 4.47 Å². The van der Waals surface area contributed by atoms with Gasteiger partial charge in [0, 0.05) is 13.1 Å². The minimum absolute atomic E-state index is 0.117.